The molecule has 10 nitrogen and oxygen atoms in total. The normalized spacial score (nSPS) is 7.24. The van der Waals surface area contributed by atoms with Crippen molar-refractivity contribution in [3.05, 3.63) is 0 Å². The van der Waals surface area contributed by atoms with Gasteiger partial charge >= 0.3 is 0 Å². The summed E-state index contributed by atoms with van der Waals surface area (Å²) in [6, 6.07) is 0. The number of rotatable bonds is 0. The lowest BCUT2D eigenvalue weighted by Crippen LogP contribution is -1.99. The maximum atomic E-state index is 9.44. The molecule has 0 atom stereocenters. The molecular formula is C32H88N4O6. The summed E-state index contributed by atoms with van der Waals surface area (Å²) in [5.74, 6) is 0.333. The fourth-order valence-electron chi connectivity index (χ4n) is 0. The minimum atomic E-state index is 0.167. The first-order valence-electron chi connectivity index (χ1n) is 13.9. The van der Waals surface area contributed by atoms with Crippen LogP contribution in [0.25, 0.3) is 0 Å². The van der Waals surface area contributed by atoms with E-state index in [0.717, 1.165) is 0 Å². The molecule has 0 unspecified atom stereocenters. The molecule has 0 saturated heterocycles. The van der Waals surface area contributed by atoms with Crippen LogP contribution in [-0.4, -0.2) is 173 Å². The maximum absolute atomic E-state index is 9.44. The number of carbonyl (C=O) groups is 2. The van der Waals surface area contributed by atoms with Crippen LogP contribution in [0.4, 0.5) is 0 Å². The third-order valence-corrected chi connectivity index (χ3v) is 0. The third-order valence-electron chi connectivity index (χ3n) is 0. The first kappa shape index (κ1) is 78.0. The highest BCUT2D eigenvalue weighted by atomic mass is 16.5. The minimum Gasteiger partial charge on any atom is -0.388 e. The fraction of sp³-hybridized carbons (Fsp3) is 0.938. The van der Waals surface area contributed by atoms with E-state index in [4.69, 9.17) is 0 Å². The van der Waals surface area contributed by atoms with Gasteiger partial charge in [0.25, 0.3) is 0 Å². The van der Waals surface area contributed by atoms with E-state index in [1.165, 1.54) is 40.5 Å². The third kappa shape index (κ3) is 58700. The van der Waals surface area contributed by atoms with Gasteiger partial charge in [-0.05, 0) is 112 Å². The standard InChI is InChI=1S/4C3H9N.2C3H6O.2C3H8.4C2H6O/c4*1-4(2)3;2*1-3(2)4;6*1-3-2/h4*1-3H3;2*1-2H3;2*3H2,1-2H3;4*1-2H3. The Labute approximate surface area is 269 Å². The highest BCUT2D eigenvalue weighted by Gasteiger charge is 1.63. The molecular weight excluding hydrogens is 536 g/mol. The minimum absolute atomic E-state index is 0.167. The van der Waals surface area contributed by atoms with E-state index in [9.17, 15) is 9.59 Å². The summed E-state index contributed by atoms with van der Waals surface area (Å²) in [4.78, 5) is 26.9. The lowest BCUT2D eigenvalue weighted by molar-refractivity contribution is -0.115. The van der Waals surface area contributed by atoms with Gasteiger partial charge in [-0.1, -0.05) is 40.5 Å². The number of hydrogen-bond donors (Lipinski definition) is 0. The Morgan fingerprint density at radius 2 is 0.357 bits per heavy atom. The summed E-state index contributed by atoms with van der Waals surface area (Å²) in [5, 5.41) is 0. The van der Waals surface area contributed by atoms with Crippen LogP contribution in [0.15, 0.2) is 0 Å². The molecule has 0 aromatic heterocycles. The van der Waals surface area contributed by atoms with Crippen molar-refractivity contribution in [2.75, 3.05) is 141 Å². The summed E-state index contributed by atoms with van der Waals surface area (Å²) in [6.07, 6.45) is 2.50. The number of Topliss-reactive ketones (excluding diaryl/α,β-unsaturated/α-hetero) is 2. The van der Waals surface area contributed by atoms with Crippen LogP contribution in [0, 0.1) is 0 Å². The molecule has 0 aliphatic heterocycles. The van der Waals surface area contributed by atoms with Gasteiger partial charge in [-0.3, -0.25) is 0 Å². The Kier molecular flexibility index (Phi) is 214. The van der Waals surface area contributed by atoms with E-state index in [-0.39, 0.29) is 11.6 Å². The molecule has 0 aliphatic carbocycles. The van der Waals surface area contributed by atoms with Gasteiger partial charge < -0.3 is 48.1 Å². The Morgan fingerprint density at radius 3 is 0.357 bits per heavy atom. The average Bonchev–Trinajstić information content (AvgIpc) is 2.68. The molecule has 0 aliphatic rings. The first-order chi connectivity index (χ1) is 18.9. The lowest BCUT2D eigenvalue weighted by Gasteiger charge is -1.90. The van der Waals surface area contributed by atoms with Gasteiger partial charge in [-0.2, -0.15) is 0 Å². The second kappa shape index (κ2) is 115. The lowest BCUT2D eigenvalue weighted by atomic mass is 10.6. The summed E-state index contributed by atoms with van der Waals surface area (Å²) in [5.41, 5.74) is 0. The van der Waals surface area contributed by atoms with Gasteiger partial charge in [0.1, 0.15) is 11.6 Å². The molecule has 0 aromatic rings. The van der Waals surface area contributed by atoms with Gasteiger partial charge in [-0.25, -0.2) is 0 Å². The summed E-state index contributed by atoms with van der Waals surface area (Å²) < 4.78 is 17.0. The number of ketones is 2. The Hall–Kier alpha value is -0.980. The largest absolute Gasteiger partial charge is 0.388 e. The molecule has 0 radical (unpaired) electrons. The van der Waals surface area contributed by atoms with E-state index in [2.05, 4.69) is 46.6 Å². The van der Waals surface area contributed by atoms with E-state index in [0.29, 0.717) is 0 Å². The van der Waals surface area contributed by atoms with Crippen LogP contribution in [0.2, 0.25) is 0 Å². The number of methoxy groups -OCH3 is 4. The quantitative estimate of drug-likeness (QED) is 0.330. The summed E-state index contributed by atoms with van der Waals surface area (Å²) in [6.45, 7) is 14.6. The zero-order chi connectivity index (χ0) is 37.7. The number of hydrogen-bond acceptors (Lipinski definition) is 10. The van der Waals surface area contributed by atoms with E-state index >= 15 is 0 Å². The van der Waals surface area contributed by atoms with Crippen molar-refractivity contribution in [2.24, 2.45) is 0 Å². The van der Waals surface area contributed by atoms with Gasteiger partial charge in [0.2, 0.25) is 0 Å². The van der Waals surface area contributed by atoms with Crippen LogP contribution in [0.5, 0.6) is 0 Å². The Balaban J connectivity index is -0.0000000234. The van der Waals surface area contributed by atoms with E-state index < -0.39 is 0 Å². The van der Waals surface area contributed by atoms with Crippen molar-refractivity contribution >= 4 is 11.6 Å². The maximum Gasteiger partial charge on any atom is 0.126 e. The van der Waals surface area contributed by atoms with Crippen molar-refractivity contribution in [3.8, 4) is 0 Å². The summed E-state index contributed by atoms with van der Waals surface area (Å²) in [7, 11) is 37.0. The molecule has 0 aromatic carbocycles. The average molecular weight is 625 g/mol. The van der Waals surface area contributed by atoms with Gasteiger partial charge in [0.15, 0.2) is 0 Å². The van der Waals surface area contributed by atoms with Crippen molar-refractivity contribution in [3.63, 3.8) is 0 Å². The SMILES string of the molecule is CC(C)=O.CC(C)=O.CCC.CCC.CN(C)C.CN(C)C.CN(C)C.CN(C)C.COC.COC.COC.COC. The van der Waals surface area contributed by atoms with Crippen LogP contribution in [0.3, 0.4) is 0 Å². The fourth-order valence-corrected chi connectivity index (χ4v) is 0. The molecule has 0 rings (SSSR count). The molecule has 0 heterocycles. The first-order valence-corrected chi connectivity index (χ1v) is 13.9. The Bertz CT molecular complexity index is 251. The van der Waals surface area contributed by atoms with Crippen LogP contribution in [0.1, 0.15) is 68.2 Å². The van der Waals surface area contributed by atoms with Gasteiger partial charge in [0.05, 0.1) is 0 Å². The number of nitrogens with zero attached hydrogens (tertiary/aromatic N) is 4. The number of carbonyl (C=O) groups excluding carboxylic acids is 2. The van der Waals surface area contributed by atoms with E-state index in [1.807, 2.05) is 104 Å². The molecule has 0 fully saturated rings. The molecule has 0 spiro atoms. The Morgan fingerprint density at radius 1 is 0.357 bits per heavy atom. The monoisotopic (exact) mass is 625 g/mol. The molecule has 0 amide bonds. The highest BCUT2D eigenvalue weighted by molar-refractivity contribution is 5.72. The molecule has 10 heteroatoms. The molecule has 0 bridgehead atoms. The molecule has 272 valence electrons. The topological polar surface area (TPSA) is 84.0 Å². The second-order valence-electron chi connectivity index (χ2n) is 10.2. The van der Waals surface area contributed by atoms with Crippen LogP contribution >= 0.6 is 0 Å². The van der Waals surface area contributed by atoms with Crippen molar-refractivity contribution in [1.82, 2.24) is 19.6 Å². The second-order valence-corrected chi connectivity index (χ2v) is 10.2. The molecule has 0 N–H and O–H groups in total. The molecule has 0 saturated carbocycles. The zero-order valence-electron chi connectivity index (χ0n) is 34.7. The van der Waals surface area contributed by atoms with Crippen molar-refractivity contribution < 1.29 is 28.5 Å². The van der Waals surface area contributed by atoms with Crippen LogP contribution < -0.4 is 0 Å². The van der Waals surface area contributed by atoms with Crippen LogP contribution in [-0.2, 0) is 28.5 Å². The molecule has 42 heavy (non-hydrogen) atoms. The van der Waals surface area contributed by atoms with E-state index in [1.54, 1.807) is 56.9 Å². The predicted octanol–water partition coefficient (Wildman–Crippen LogP) is 5.78. The smallest absolute Gasteiger partial charge is 0.126 e. The predicted molar refractivity (Wildman–Crippen MR) is 195 cm³/mol. The zero-order valence-corrected chi connectivity index (χ0v) is 34.7. The van der Waals surface area contributed by atoms with Crippen molar-refractivity contribution in [1.29, 1.82) is 0 Å². The highest BCUT2D eigenvalue weighted by Crippen LogP contribution is 1.56. The number of ether oxygens (including phenoxy) is 4. The summed E-state index contributed by atoms with van der Waals surface area (Å²) >= 11 is 0. The van der Waals surface area contributed by atoms with Gasteiger partial charge in [-0.15, -0.1) is 0 Å². The van der Waals surface area contributed by atoms with Crippen molar-refractivity contribution in [2.45, 2.75) is 68.2 Å². The van der Waals surface area contributed by atoms with Gasteiger partial charge in [0, 0.05) is 56.9 Å².